The van der Waals surface area contributed by atoms with Crippen molar-refractivity contribution in [3.63, 3.8) is 0 Å². The monoisotopic (exact) mass is 381 g/mol. The number of amides is 2. The van der Waals surface area contributed by atoms with E-state index in [1.165, 1.54) is 0 Å². The normalized spacial score (nSPS) is 20.2. The van der Waals surface area contributed by atoms with Gasteiger partial charge in [-0.25, -0.2) is 0 Å². The number of nitrogens with zero attached hydrogens (tertiary/aromatic N) is 4. The average Bonchev–Trinajstić information content (AvgIpc) is 3.29. The van der Waals surface area contributed by atoms with Gasteiger partial charge in [0.2, 0.25) is 17.7 Å². The lowest BCUT2D eigenvalue weighted by atomic mass is 9.97. The maximum atomic E-state index is 12.5. The molecule has 3 aromatic rings. The van der Waals surface area contributed by atoms with Crippen molar-refractivity contribution >= 4 is 22.8 Å². The van der Waals surface area contributed by atoms with Gasteiger partial charge in [0.15, 0.2) is 11.4 Å². The van der Waals surface area contributed by atoms with Gasteiger partial charge in [-0.05, 0) is 25.0 Å². The first-order chi connectivity index (χ1) is 13.7. The third-order valence-electron chi connectivity index (χ3n) is 5.41. The van der Waals surface area contributed by atoms with Gasteiger partial charge in [-0.15, -0.1) is 0 Å². The van der Waals surface area contributed by atoms with Crippen LogP contribution in [0.1, 0.15) is 42.1 Å². The predicted octanol–water partition coefficient (Wildman–Crippen LogP) is 1.37. The highest BCUT2D eigenvalue weighted by Crippen LogP contribution is 2.29. The highest BCUT2D eigenvalue weighted by atomic mass is 16.5. The van der Waals surface area contributed by atoms with Gasteiger partial charge in [0.05, 0.1) is 12.3 Å². The first-order valence-corrected chi connectivity index (χ1v) is 9.41. The van der Waals surface area contributed by atoms with E-state index in [9.17, 15) is 9.59 Å². The van der Waals surface area contributed by atoms with E-state index in [0.717, 1.165) is 18.2 Å². The molecule has 144 valence electrons. The van der Waals surface area contributed by atoms with Crippen molar-refractivity contribution < 1.29 is 18.6 Å². The molecule has 2 aliphatic rings. The van der Waals surface area contributed by atoms with E-state index < -0.39 is 0 Å². The lowest BCUT2D eigenvalue weighted by Gasteiger charge is -2.37. The van der Waals surface area contributed by atoms with Crippen LogP contribution in [0, 0.1) is 0 Å². The summed E-state index contributed by atoms with van der Waals surface area (Å²) in [5.41, 5.74) is 1.32. The fourth-order valence-electron chi connectivity index (χ4n) is 3.73. The molecule has 1 unspecified atom stereocenters. The smallest absolute Gasteiger partial charge is 0.233 e. The predicted molar refractivity (Wildman–Crippen MR) is 96.3 cm³/mol. The first kappa shape index (κ1) is 16.9. The van der Waals surface area contributed by atoms with E-state index in [2.05, 4.69) is 20.6 Å². The molecule has 2 aromatic heterocycles. The van der Waals surface area contributed by atoms with Crippen molar-refractivity contribution in [1.82, 2.24) is 25.5 Å². The van der Waals surface area contributed by atoms with Gasteiger partial charge >= 0.3 is 0 Å². The van der Waals surface area contributed by atoms with Gasteiger partial charge in [0.1, 0.15) is 11.6 Å². The van der Waals surface area contributed by atoms with Crippen molar-refractivity contribution in [2.75, 3.05) is 19.6 Å². The Morgan fingerprint density at radius 3 is 2.93 bits per heavy atom. The first-order valence-electron chi connectivity index (χ1n) is 9.41. The number of likely N-dealkylation sites (tertiary alicyclic amines) is 1. The lowest BCUT2D eigenvalue weighted by molar-refractivity contribution is -0.135. The second kappa shape index (κ2) is 6.74. The Hall–Kier alpha value is -3.23. The van der Waals surface area contributed by atoms with Gasteiger partial charge in [-0.1, -0.05) is 22.4 Å². The van der Waals surface area contributed by atoms with Crippen molar-refractivity contribution in [3.05, 3.63) is 41.7 Å². The molecule has 9 nitrogen and oxygen atoms in total. The number of hydrogen-bond acceptors (Lipinski definition) is 7. The number of fused-ring (bicyclic) bond motifs is 1. The average molecular weight is 381 g/mol. The molecule has 2 saturated heterocycles. The molecule has 0 spiro atoms. The molecule has 2 amide bonds. The number of benzene rings is 1. The number of piperidine rings is 1. The van der Waals surface area contributed by atoms with Crippen LogP contribution in [-0.2, 0) is 16.0 Å². The Balaban J connectivity index is 1.20. The number of aromatic nitrogens is 3. The molecular weight excluding hydrogens is 362 g/mol. The molecule has 2 fully saturated rings. The number of carbonyl (C=O) groups excluding carboxylic acids is 2. The van der Waals surface area contributed by atoms with Crippen molar-refractivity contribution in [2.45, 2.75) is 31.1 Å². The SMILES string of the molecule is O=C1NCCCC1c1noc(C2CN(C(=O)Cc3noc4ccccc34)C2)n1. The second-order valence-corrected chi connectivity index (χ2v) is 7.27. The fourth-order valence-corrected chi connectivity index (χ4v) is 3.73. The van der Waals surface area contributed by atoms with Gasteiger partial charge in [0.25, 0.3) is 0 Å². The van der Waals surface area contributed by atoms with Crippen molar-refractivity contribution in [1.29, 1.82) is 0 Å². The molecule has 28 heavy (non-hydrogen) atoms. The van der Waals surface area contributed by atoms with E-state index in [1.807, 2.05) is 24.3 Å². The summed E-state index contributed by atoms with van der Waals surface area (Å²) < 4.78 is 10.6. The van der Waals surface area contributed by atoms with Crippen molar-refractivity contribution in [2.24, 2.45) is 0 Å². The number of rotatable bonds is 4. The van der Waals surface area contributed by atoms with Gasteiger partial charge in [-0.2, -0.15) is 4.98 Å². The summed E-state index contributed by atoms with van der Waals surface area (Å²) in [6.45, 7) is 1.74. The Bertz CT molecular complexity index is 1040. The number of para-hydroxylation sites is 1. The van der Waals surface area contributed by atoms with E-state index in [1.54, 1.807) is 4.90 Å². The summed E-state index contributed by atoms with van der Waals surface area (Å²) in [7, 11) is 0. The third-order valence-corrected chi connectivity index (χ3v) is 5.41. The molecule has 0 aliphatic carbocycles. The minimum absolute atomic E-state index is 0.00547. The Morgan fingerprint density at radius 2 is 2.07 bits per heavy atom. The highest BCUT2D eigenvalue weighted by molar-refractivity contribution is 5.86. The van der Waals surface area contributed by atoms with Crippen LogP contribution in [0.2, 0.25) is 0 Å². The zero-order chi connectivity index (χ0) is 19.1. The maximum Gasteiger partial charge on any atom is 0.233 e. The highest BCUT2D eigenvalue weighted by Gasteiger charge is 2.37. The minimum Gasteiger partial charge on any atom is -0.356 e. The van der Waals surface area contributed by atoms with Crippen LogP contribution in [-0.4, -0.2) is 51.6 Å². The summed E-state index contributed by atoms with van der Waals surface area (Å²) >= 11 is 0. The van der Waals surface area contributed by atoms with Gasteiger partial charge < -0.3 is 19.3 Å². The van der Waals surface area contributed by atoms with Crippen LogP contribution >= 0.6 is 0 Å². The quantitative estimate of drug-likeness (QED) is 0.726. The minimum atomic E-state index is -0.343. The fraction of sp³-hybridized carbons (Fsp3) is 0.421. The molecule has 0 saturated carbocycles. The standard InChI is InChI=1S/C19H19N5O4/c25-16(8-14-12-4-1-2-6-15(12)27-22-14)24-9-11(10-24)19-21-17(23-28-19)13-5-3-7-20-18(13)26/h1-2,4,6,11,13H,3,5,7-10H2,(H,20,26). The van der Waals surface area contributed by atoms with Crippen LogP contribution in [0.3, 0.4) is 0 Å². The molecule has 0 radical (unpaired) electrons. The second-order valence-electron chi connectivity index (χ2n) is 7.27. The Kier molecular flexibility index (Phi) is 4.07. The molecule has 4 heterocycles. The molecule has 1 aromatic carbocycles. The lowest BCUT2D eigenvalue weighted by Crippen LogP contribution is -2.49. The summed E-state index contributed by atoms with van der Waals surface area (Å²) in [5, 5.41) is 11.7. The number of hydrogen-bond donors (Lipinski definition) is 1. The van der Waals surface area contributed by atoms with E-state index in [-0.39, 0.29) is 30.1 Å². The molecule has 1 N–H and O–H groups in total. The summed E-state index contributed by atoms with van der Waals surface area (Å²) in [5.74, 6) is 0.524. The zero-order valence-corrected chi connectivity index (χ0v) is 15.1. The van der Waals surface area contributed by atoms with Gasteiger partial charge in [0, 0.05) is 25.0 Å². The van der Waals surface area contributed by atoms with Gasteiger partial charge in [-0.3, -0.25) is 9.59 Å². The third kappa shape index (κ3) is 2.92. The molecule has 0 bridgehead atoms. The van der Waals surface area contributed by atoms with E-state index >= 15 is 0 Å². The molecule has 5 rings (SSSR count). The summed E-state index contributed by atoms with van der Waals surface area (Å²) in [6, 6.07) is 7.49. The topological polar surface area (TPSA) is 114 Å². The zero-order valence-electron chi connectivity index (χ0n) is 15.1. The number of carbonyl (C=O) groups is 2. The van der Waals surface area contributed by atoms with Crippen LogP contribution in [0.15, 0.2) is 33.3 Å². The molecule has 9 heteroatoms. The maximum absolute atomic E-state index is 12.5. The largest absolute Gasteiger partial charge is 0.356 e. The van der Waals surface area contributed by atoms with Crippen LogP contribution in [0.25, 0.3) is 11.0 Å². The molecular formula is C19H19N5O4. The van der Waals surface area contributed by atoms with E-state index in [0.29, 0.717) is 42.6 Å². The van der Waals surface area contributed by atoms with Crippen molar-refractivity contribution in [3.8, 4) is 0 Å². The molecule has 2 aliphatic heterocycles. The Labute approximate surface area is 160 Å². The number of nitrogens with one attached hydrogen (secondary N) is 1. The van der Waals surface area contributed by atoms with E-state index in [4.69, 9.17) is 9.05 Å². The summed E-state index contributed by atoms with van der Waals surface area (Å²) in [6.07, 6.45) is 1.83. The van der Waals surface area contributed by atoms with Crippen LogP contribution in [0.4, 0.5) is 0 Å². The van der Waals surface area contributed by atoms with Crippen LogP contribution in [0.5, 0.6) is 0 Å². The molecule has 1 atom stereocenters. The summed E-state index contributed by atoms with van der Waals surface area (Å²) in [4.78, 5) is 30.6. The van der Waals surface area contributed by atoms with Crippen LogP contribution < -0.4 is 5.32 Å². The Morgan fingerprint density at radius 1 is 1.21 bits per heavy atom.